The summed E-state index contributed by atoms with van der Waals surface area (Å²) in [7, 11) is 0. The molecule has 82 valence electrons. The Bertz CT molecular complexity index is 392. The lowest BCUT2D eigenvalue weighted by Crippen LogP contribution is -2.21. The Morgan fingerprint density at radius 1 is 1.60 bits per heavy atom. The maximum absolute atomic E-state index is 13.1. The van der Waals surface area contributed by atoms with Crippen LogP contribution in [0.3, 0.4) is 0 Å². The number of phenols is 1. The molecule has 1 aromatic rings. The predicted octanol–water partition coefficient (Wildman–Crippen LogP) is 0.967. The van der Waals surface area contributed by atoms with Gasteiger partial charge in [0.2, 0.25) is 0 Å². The molecule has 0 fully saturated rings. The van der Waals surface area contributed by atoms with Gasteiger partial charge in [-0.05, 0) is 18.6 Å². The molecule has 0 aromatic heterocycles. The lowest BCUT2D eigenvalue weighted by atomic mass is 9.96. The number of benzene rings is 1. The zero-order valence-corrected chi connectivity index (χ0v) is 8.20. The van der Waals surface area contributed by atoms with Gasteiger partial charge >= 0.3 is 5.97 Å². The number of halogens is 1. The van der Waals surface area contributed by atoms with Crippen LogP contribution in [0.25, 0.3) is 0 Å². The summed E-state index contributed by atoms with van der Waals surface area (Å²) in [4.78, 5) is 10.8. The van der Waals surface area contributed by atoms with Gasteiger partial charge < -0.3 is 15.9 Å². The van der Waals surface area contributed by atoms with Gasteiger partial charge in [0.05, 0.1) is 5.92 Å². The van der Waals surface area contributed by atoms with Crippen molar-refractivity contribution in [2.24, 2.45) is 5.73 Å². The normalized spacial score (nSPS) is 12.5. The molecule has 5 heteroatoms. The van der Waals surface area contributed by atoms with E-state index in [4.69, 9.17) is 10.8 Å². The average Bonchev–Trinajstić information content (AvgIpc) is 2.13. The summed E-state index contributed by atoms with van der Waals surface area (Å²) >= 11 is 0. The van der Waals surface area contributed by atoms with Crippen LogP contribution in [0.5, 0.6) is 5.75 Å². The Morgan fingerprint density at radius 2 is 2.20 bits per heavy atom. The molecule has 0 bridgehead atoms. The van der Waals surface area contributed by atoms with Crippen LogP contribution in [0.1, 0.15) is 17.0 Å². The molecule has 1 aromatic carbocycles. The Hall–Kier alpha value is -1.62. The highest BCUT2D eigenvalue weighted by molar-refractivity contribution is 5.77. The van der Waals surface area contributed by atoms with Gasteiger partial charge in [-0.15, -0.1) is 0 Å². The van der Waals surface area contributed by atoms with Gasteiger partial charge in [-0.1, -0.05) is 6.07 Å². The van der Waals surface area contributed by atoms with Crippen LogP contribution < -0.4 is 5.73 Å². The van der Waals surface area contributed by atoms with Crippen LogP contribution in [0.2, 0.25) is 0 Å². The van der Waals surface area contributed by atoms with Crippen molar-refractivity contribution in [3.05, 3.63) is 29.1 Å². The van der Waals surface area contributed by atoms with Gasteiger partial charge in [-0.2, -0.15) is 0 Å². The average molecular weight is 213 g/mol. The fraction of sp³-hybridized carbons (Fsp3) is 0.300. The number of carbonyl (C=O) groups is 1. The van der Waals surface area contributed by atoms with Crippen LogP contribution in [-0.4, -0.2) is 22.7 Å². The minimum Gasteiger partial charge on any atom is -0.505 e. The van der Waals surface area contributed by atoms with Crippen LogP contribution in [0.15, 0.2) is 12.1 Å². The van der Waals surface area contributed by atoms with Crippen molar-refractivity contribution in [1.82, 2.24) is 0 Å². The number of hydrogen-bond acceptors (Lipinski definition) is 3. The third-order valence-electron chi connectivity index (χ3n) is 2.15. The molecule has 4 N–H and O–H groups in total. The Morgan fingerprint density at radius 3 is 2.67 bits per heavy atom. The van der Waals surface area contributed by atoms with E-state index in [-0.39, 0.29) is 12.1 Å². The number of nitrogens with two attached hydrogens (primary N) is 1. The number of rotatable bonds is 3. The second kappa shape index (κ2) is 4.27. The number of carboxylic acids is 1. The van der Waals surface area contributed by atoms with Gasteiger partial charge in [0.1, 0.15) is 0 Å². The monoisotopic (exact) mass is 213 g/mol. The quantitative estimate of drug-likeness (QED) is 0.698. The fourth-order valence-corrected chi connectivity index (χ4v) is 1.39. The van der Waals surface area contributed by atoms with Gasteiger partial charge in [-0.25, -0.2) is 4.39 Å². The van der Waals surface area contributed by atoms with Crippen molar-refractivity contribution in [2.75, 3.05) is 6.54 Å². The third-order valence-corrected chi connectivity index (χ3v) is 2.15. The highest BCUT2D eigenvalue weighted by Crippen LogP contribution is 2.29. The zero-order valence-electron chi connectivity index (χ0n) is 8.20. The summed E-state index contributed by atoms with van der Waals surface area (Å²) in [5.74, 6) is -3.74. The standard InChI is InChI=1S/C10H12FNO3/c1-5-2-6(7(4-12)10(14)15)9(13)8(11)3-5/h2-3,7,13H,4,12H2,1H3,(H,14,15). The van der Waals surface area contributed by atoms with E-state index in [1.807, 2.05) is 0 Å². The number of aryl methyl sites for hydroxylation is 1. The third kappa shape index (κ3) is 2.24. The molecule has 0 saturated heterocycles. The first kappa shape index (κ1) is 11.5. The van der Waals surface area contributed by atoms with E-state index in [9.17, 15) is 14.3 Å². The lowest BCUT2D eigenvalue weighted by Gasteiger charge is -2.13. The Kier molecular flexibility index (Phi) is 3.26. The number of aromatic hydroxyl groups is 1. The van der Waals surface area contributed by atoms with Gasteiger partial charge in [0.25, 0.3) is 0 Å². The zero-order chi connectivity index (χ0) is 11.6. The lowest BCUT2D eigenvalue weighted by molar-refractivity contribution is -0.138. The van der Waals surface area contributed by atoms with E-state index in [1.165, 1.54) is 6.07 Å². The number of aliphatic carboxylic acids is 1. The minimum absolute atomic E-state index is 0.0162. The van der Waals surface area contributed by atoms with Crippen molar-refractivity contribution in [2.45, 2.75) is 12.8 Å². The summed E-state index contributed by atoms with van der Waals surface area (Å²) in [6.07, 6.45) is 0. The minimum atomic E-state index is -1.18. The SMILES string of the molecule is Cc1cc(F)c(O)c(C(CN)C(=O)O)c1. The summed E-state index contributed by atoms with van der Waals surface area (Å²) < 4.78 is 13.1. The van der Waals surface area contributed by atoms with E-state index in [2.05, 4.69) is 0 Å². The molecular weight excluding hydrogens is 201 g/mol. The van der Waals surface area contributed by atoms with Crippen molar-refractivity contribution in [3.63, 3.8) is 0 Å². The van der Waals surface area contributed by atoms with E-state index in [1.54, 1.807) is 6.92 Å². The smallest absolute Gasteiger partial charge is 0.312 e. The molecule has 0 aliphatic rings. The first-order valence-electron chi connectivity index (χ1n) is 4.39. The van der Waals surface area contributed by atoms with Gasteiger partial charge in [-0.3, -0.25) is 4.79 Å². The number of carboxylic acid groups (broad SMARTS) is 1. The first-order valence-corrected chi connectivity index (χ1v) is 4.39. The molecule has 0 aliphatic heterocycles. The molecule has 0 heterocycles. The summed E-state index contributed by atoms with van der Waals surface area (Å²) in [5, 5.41) is 18.2. The molecule has 0 spiro atoms. The van der Waals surface area contributed by atoms with Crippen molar-refractivity contribution in [3.8, 4) is 5.75 Å². The number of hydrogen-bond donors (Lipinski definition) is 3. The molecule has 1 rings (SSSR count). The molecule has 0 saturated carbocycles. The molecule has 0 amide bonds. The summed E-state index contributed by atoms with van der Waals surface area (Å²) in [6, 6.07) is 2.55. The van der Waals surface area contributed by atoms with E-state index >= 15 is 0 Å². The molecule has 1 unspecified atom stereocenters. The largest absolute Gasteiger partial charge is 0.505 e. The molecule has 15 heavy (non-hydrogen) atoms. The predicted molar refractivity (Wildman–Crippen MR) is 52.2 cm³/mol. The van der Waals surface area contributed by atoms with Crippen molar-refractivity contribution < 1.29 is 19.4 Å². The van der Waals surface area contributed by atoms with Crippen LogP contribution in [0, 0.1) is 12.7 Å². The van der Waals surface area contributed by atoms with Crippen molar-refractivity contribution in [1.29, 1.82) is 0 Å². The maximum Gasteiger partial charge on any atom is 0.312 e. The second-order valence-electron chi connectivity index (χ2n) is 3.31. The molecule has 4 nitrogen and oxygen atoms in total. The molecule has 0 radical (unpaired) electrons. The highest BCUT2D eigenvalue weighted by Gasteiger charge is 2.23. The second-order valence-corrected chi connectivity index (χ2v) is 3.31. The topological polar surface area (TPSA) is 83.5 Å². The molecule has 0 aliphatic carbocycles. The van der Waals surface area contributed by atoms with Crippen LogP contribution >= 0.6 is 0 Å². The molecular formula is C10H12FNO3. The first-order chi connectivity index (χ1) is 6.97. The number of phenolic OH excluding ortho intramolecular Hbond substituents is 1. The van der Waals surface area contributed by atoms with Crippen molar-refractivity contribution >= 4 is 5.97 Å². The summed E-state index contributed by atoms with van der Waals surface area (Å²) in [6.45, 7) is 1.42. The van der Waals surface area contributed by atoms with E-state index in [0.717, 1.165) is 6.07 Å². The fourth-order valence-electron chi connectivity index (χ4n) is 1.39. The van der Waals surface area contributed by atoms with Gasteiger partial charge in [0.15, 0.2) is 11.6 Å². The molecule has 1 atom stereocenters. The summed E-state index contributed by atoms with van der Waals surface area (Å²) in [5.41, 5.74) is 5.82. The highest BCUT2D eigenvalue weighted by atomic mass is 19.1. The maximum atomic E-state index is 13.1. The van der Waals surface area contributed by atoms with Gasteiger partial charge in [0, 0.05) is 12.1 Å². The van der Waals surface area contributed by atoms with Crippen LogP contribution in [-0.2, 0) is 4.79 Å². The van der Waals surface area contributed by atoms with Crippen LogP contribution in [0.4, 0.5) is 4.39 Å². The Labute approximate surface area is 86.1 Å². The van der Waals surface area contributed by atoms with E-state index in [0.29, 0.717) is 5.56 Å². The Balaban J connectivity index is 3.28. The van der Waals surface area contributed by atoms with E-state index < -0.39 is 23.5 Å².